The second-order valence-corrected chi connectivity index (χ2v) is 7.18. The van der Waals surface area contributed by atoms with E-state index in [-0.39, 0.29) is 5.91 Å². The number of pyridine rings is 1. The van der Waals surface area contributed by atoms with Crippen LogP contribution in [0.2, 0.25) is 5.02 Å². The molecule has 28 heavy (non-hydrogen) atoms. The molecule has 2 aromatic carbocycles. The van der Waals surface area contributed by atoms with E-state index in [0.29, 0.717) is 22.9 Å². The number of amides is 1. The number of nitrogens with zero attached hydrogens (tertiary/aromatic N) is 2. The molecule has 0 N–H and O–H groups in total. The molecule has 0 bridgehead atoms. The summed E-state index contributed by atoms with van der Waals surface area (Å²) in [5.41, 5.74) is 4.33. The Kier molecular flexibility index (Phi) is 5.75. The maximum atomic E-state index is 12.0. The molecule has 1 aromatic heterocycles. The number of aryl methyl sites for hydroxylation is 1. The van der Waals surface area contributed by atoms with Gasteiger partial charge >= 0.3 is 0 Å². The molecular formula is C22H23ClN2O3. The van der Waals surface area contributed by atoms with Crippen molar-refractivity contribution in [1.29, 1.82) is 0 Å². The van der Waals surface area contributed by atoms with Gasteiger partial charge in [0.15, 0.2) is 11.5 Å². The molecule has 0 aliphatic heterocycles. The monoisotopic (exact) mass is 398 g/mol. The molecule has 0 aliphatic rings. The van der Waals surface area contributed by atoms with Gasteiger partial charge in [-0.25, -0.2) is 4.98 Å². The number of carbonyl (C=O) groups is 1. The highest BCUT2D eigenvalue weighted by atomic mass is 35.5. The molecule has 146 valence electrons. The van der Waals surface area contributed by atoms with Gasteiger partial charge in [0.2, 0.25) is 5.91 Å². The van der Waals surface area contributed by atoms with Crippen molar-refractivity contribution in [2.75, 3.05) is 28.3 Å². The summed E-state index contributed by atoms with van der Waals surface area (Å²) in [5, 5.41) is 1.49. The van der Waals surface area contributed by atoms with Crippen LogP contribution >= 0.6 is 11.6 Å². The fraction of sp³-hybridized carbons (Fsp3) is 0.273. The first-order valence-electron chi connectivity index (χ1n) is 8.87. The van der Waals surface area contributed by atoms with E-state index in [2.05, 4.69) is 0 Å². The Bertz CT molecular complexity index is 1050. The highest BCUT2D eigenvalue weighted by Crippen LogP contribution is 2.41. The lowest BCUT2D eigenvalue weighted by Gasteiger charge is -2.14. The highest BCUT2D eigenvalue weighted by Gasteiger charge is 2.16. The van der Waals surface area contributed by atoms with Gasteiger partial charge in [0, 0.05) is 25.0 Å². The van der Waals surface area contributed by atoms with Crippen LogP contribution in [-0.4, -0.2) is 44.1 Å². The van der Waals surface area contributed by atoms with Crippen LogP contribution in [0.1, 0.15) is 11.1 Å². The van der Waals surface area contributed by atoms with Crippen LogP contribution in [0.3, 0.4) is 0 Å². The van der Waals surface area contributed by atoms with Gasteiger partial charge in [0.1, 0.15) is 0 Å². The maximum absolute atomic E-state index is 12.0. The Morgan fingerprint density at radius 2 is 1.86 bits per heavy atom. The number of hydrogen-bond donors (Lipinski definition) is 0. The number of benzene rings is 2. The van der Waals surface area contributed by atoms with Gasteiger partial charge in [0.05, 0.1) is 36.9 Å². The Labute approximate surface area is 169 Å². The number of carbonyl (C=O) groups excluding carboxylic acids is 1. The lowest BCUT2D eigenvalue weighted by atomic mass is 10.0. The van der Waals surface area contributed by atoms with Crippen molar-refractivity contribution in [3.8, 4) is 22.8 Å². The standard InChI is InChI=1S/C22H23ClN2O3/c1-13-10-17(16-8-9-19(27-4)22(28-5)21(16)23)24-18-11-14(6-7-15(13)18)12-20(26)25(2)3/h6-11H,12H2,1-5H3. The first-order valence-corrected chi connectivity index (χ1v) is 9.24. The van der Waals surface area contributed by atoms with E-state index in [4.69, 9.17) is 26.1 Å². The van der Waals surface area contributed by atoms with Crippen molar-refractivity contribution in [1.82, 2.24) is 9.88 Å². The Hall–Kier alpha value is -2.79. The van der Waals surface area contributed by atoms with Gasteiger partial charge in [-0.2, -0.15) is 0 Å². The largest absolute Gasteiger partial charge is 0.493 e. The van der Waals surface area contributed by atoms with Crippen LogP contribution in [-0.2, 0) is 11.2 Å². The Morgan fingerprint density at radius 3 is 2.50 bits per heavy atom. The zero-order valence-electron chi connectivity index (χ0n) is 16.7. The minimum Gasteiger partial charge on any atom is -0.493 e. The van der Waals surface area contributed by atoms with Crippen LogP contribution < -0.4 is 9.47 Å². The van der Waals surface area contributed by atoms with Gasteiger partial charge in [-0.05, 0) is 42.3 Å². The number of hydrogen-bond acceptors (Lipinski definition) is 4. The third-order valence-corrected chi connectivity index (χ3v) is 5.07. The van der Waals surface area contributed by atoms with Crippen molar-refractivity contribution in [2.45, 2.75) is 13.3 Å². The molecule has 0 aliphatic carbocycles. The third kappa shape index (κ3) is 3.76. The molecule has 0 unspecified atom stereocenters. The number of methoxy groups -OCH3 is 2. The highest BCUT2D eigenvalue weighted by molar-refractivity contribution is 6.35. The van der Waals surface area contributed by atoms with Crippen LogP contribution in [0.15, 0.2) is 36.4 Å². The maximum Gasteiger partial charge on any atom is 0.226 e. The summed E-state index contributed by atoms with van der Waals surface area (Å²) in [6.07, 6.45) is 0.338. The molecule has 0 spiro atoms. The summed E-state index contributed by atoms with van der Waals surface area (Å²) in [6, 6.07) is 11.6. The lowest BCUT2D eigenvalue weighted by Crippen LogP contribution is -2.23. The van der Waals surface area contributed by atoms with E-state index >= 15 is 0 Å². The number of fused-ring (bicyclic) bond motifs is 1. The number of aromatic nitrogens is 1. The van der Waals surface area contributed by atoms with Crippen LogP contribution in [0, 0.1) is 6.92 Å². The minimum atomic E-state index is 0.0511. The number of likely N-dealkylation sites (N-methyl/N-ethyl adjacent to an activating group) is 1. The van der Waals surface area contributed by atoms with E-state index in [1.54, 1.807) is 33.2 Å². The van der Waals surface area contributed by atoms with E-state index in [0.717, 1.165) is 33.3 Å². The molecule has 0 saturated heterocycles. The average molecular weight is 399 g/mol. The third-order valence-electron chi connectivity index (χ3n) is 4.70. The van der Waals surface area contributed by atoms with Gasteiger partial charge in [-0.15, -0.1) is 0 Å². The van der Waals surface area contributed by atoms with Crippen LogP contribution in [0.5, 0.6) is 11.5 Å². The molecular weight excluding hydrogens is 376 g/mol. The molecule has 0 saturated carbocycles. The van der Waals surface area contributed by atoms with Gasteiger partial charge in [-0.3, -0.25) is 4.79 Å². The first-order chi connectivity index (χ1) is 13.3. The first kappa shape index (κ1) is 20.0. The van der Waals surface area contributed by atoms with Gasteiger partial charge in [0.25, 0.3) is 0 Å². The average Bonchev–Trinajstić information content (AvgIpc) is 2.67. The summed E-state index contributed by atoms with van der Waals surface area (Å²) in [6.45, 7) is 2.03. The minimum absolute atomic E-state index is 0.0511. The fourth-order valence-electron chi connectivity index (χ4n) is 3.12. The molecule has 0 atom stereocenters. The zero-order valence-corrected chi connectivity index (χ0v) is 17.4. The van der Waals surface area contributed by atoms with Crippen molar-refractivity contribution in [2.24, 2.45) is 0 Å². The van der Waals surface area contributed by atoms with E-state index in [1.807, 2.05) is 43.3 Å². The lowest BCUT2D eigenvalue weighted by molar-refractivity contribution is -0.127. The second kappa shape index (κ2) is 8.07. The normalized spacial score (nSPS) is 10.8. The summed E-state index contributed by atoms with van der Waals surface area (Å²) < 4.78 is 10.7. The SMILES string of the molecule is COc1ccc(-c2cc(C)c3ccc(CC(=O)N(C)C)cc3n2)c(Cl)c1OC. The predicted octanol–water partition coefficient (Wildman–Crippen LogP) is 4.51. The molecule has 0 radical (unpaired) electrons. The zero-order chi connectivity index (χ0) is 20.4. The molecule has 0 fully saturated rings. The molecule has 3 rings (SSSR count). The van der Waals surface area contributed by atoms with E-state index in [1.165, 1.54) is 0 Å². The summed E-state index contributed by atoms with van der Waals surface area (Å²) >= 11 is 6.57. The Morgan fingerprint density at radius 1 is 1.11 bits per heavy atom. The summed E-state index contributed by atoms with van der Waals surface area (Å²) in [7, 11) is 6.63. The smallest absolute Gasteiger partial charge is 0.226 e. The predicted molar refractivity (Wildman–Crippen MR) is 112 cm³/mol. The second-order valence-electron chi connectivity index (χ2n) is 6.80. The molecule has 1 amide bonds. The molecule has 3 aromatic rings. The quantitative estimate of drug-likeness (QED) is 0.634. The summed E-state index contributed by atoms with van der Waals surface area (Å²) in [4.78, 5) is 18.4. The topological polar surface area (TPSA) is 51.7 Å². The summed E-state index contributed by atoms with van der Waals surface area (Å²) in [5.74, 6) is 1.10. The van der Waals surface area contributed by atoms with Crippen LogP contribution in [0.25, 0.3) is 22.2 Å². The van der Waals surface area contributed by atoms with Crippen LogP contribution in [0.4, 0.5) is 0 Å². The van der Waals surface area contributed by atoms with Crippen molar-refractivity contribution in [3.63, 3.8) is 0 Å². The van der Waals surface area contributed by atoms with E-state index < -0.39 is 0 Å². The number of halogens is 1. The molecule has 6 heteroatoms. The van der Waals surface area contributed by atoms with E-state index in [9.17, 15) is 4.79 Å². The fourth-order valence-corrected chi connectivity index (χ4v) is 3.45. The van der Waals surface area contributed by atoms with Gasteiger partial charge < -0.3 is 14.4 Å². The van der Waals surface area contributed by atoms with Crippen molar-refractivity contribution >= 4 is 28.4 Å². The number of ether oxygens (including phenoxy) is 2. The Balaban J connectivity index is 2.11. The molecule has 5 nitrogen and oxygen atoms in total. The molecule has 1 heterocycles. The van der Waals surface area contributed by atoms with Crippen molar-refractivity contribution < 1.29 is 14.3 Å². The van der Waals surface area contributed by atoms with Gasteiger partial charge in [-0.1, -0.05) is 23.7 Å². The van der Waals surface area contributed by atoms with Crippen molar-refractivity contribution in [3.05, 3.63) is 52.5 Å². The number of rotatable bonds is 5.